The molecule has 2 aromatic heterocycles. The number of esters is 1. The van der Waals surface area contributed by atoms with Crippen LogP contribution >= 0.6 is 11.8 Å². The first kappa shape index (κ1) is 17.1. The molecule has 5 nitrogen and oxygen atoms in total. The van der Waals surface area contributed by atoms with Gasteiger partial charge in [-0.15, -0.1) is 0 Å². The summed E-state index contributed by atoms with van der Waals surface area (Å²) in [6.45, 7) is 2.15. The Morgan fingerprint density at radius 2 is 1.80 bits per heavy atom. The van der Waals surface area contributed by atoms with Crippen molar-refractivity contribution in [3.8, 4) is 22.5 Å². The van der Waals surface area contributed by atoms with Crippen molar-refractivity contribution in [3.63, 3.8) is 0 Å². The molecule has 0 unspecified atom stereocenters. The van der Waals surface area contributed by atoms with Crippen molar-refractivity contribution in [3.05, 3.63) is 60.9 Å². The van der Waals surface area contributed by atoms with Crippen molar-refractivity contribution in [1.82, 2.24) is 15.0 Å². The van der Waals surface area contributed by atoms with E-state index in [1.54, 1.807) is 19.3 Å². The van der Waals surface area contributed by atoms with Crippen LogP contribution in [0.3, 0.4) is 0 Å². The first-order chi connectivity index (χ1) is 12.3. The fourth-order valence-corrected chi connectivity index (χ4v) is 2.89. The van der Waals surface area contributed by atoms with E-state index in [2.05, 4.69) is 27.1 Å². The monoisotopic (exact) mass is 351 g/mol. The molecule has 0 aliphatic rings. The van der Waals surface area contributed by atoms with Crippen molar-refractivity contribution in [2.45, 2.75) is 12.1 Å². The molecule has 0 atom stereocenters. The summed E-state index contributed by atoms with van der Waals surface area (Å²) >= 11 is 1.25. The molecule has 0 aliphatic heterocycles. The van der Waals surface area contributed by atoms with Crippen molar-refractivity contribution in [2.24, 2.45) is 0 Å². The minimum absolute atomic E-state index is 0.189. The molecule has 25 heavy (non-hydrogen) atoms. The summed E-state index contributed by atoms with van der Waals surface area (Å²) in [5.74, 6) is -0.0832. The zero-order chi connectivity index (χ0) is 17.5. The molecule has 3 aromatic rings. The van der Waals surface area contributed by atoms with Crippen LogP contribution in [0.15, 0.2) is 66.1 Å². The van der Waals surface area contributed by atoms with Crippen molar-refractivity contribution in [1.29, 1.82) is 0 Å². The molecular formula is C19H17N3O2S. The first-order valence-electron chi connectivity index (χ1n) is 7.89. The van der Waals surface area contributed by atoms with Gasteiger partial charge >= 0.3 is 5.97 Å². The lowest BCUT2D eigenvalue weighted by Gasteiger charge is -2.06. The summed E-state index contributed by atoms with van der Waals surface area (Å²) in [5, 5.41) is 0.525. The van der Waals surface area contributed by atoms with Gasteiger partial charge in [0.15, 0.2) is 5.16 Å². The Balaban J connectivity index is 1.80. The van der Waals surface area contributed by atoms with E-state index < -0.39 is 0 Å². The summed E-state index contributed by atoms with van der Waals surface area (Å²) in [7, 11) is 0. The third-order valence-corrected chi connectivity index (χ3v) is 4.22. The molecule has 0 aliphatic carbocycles. The molecule has 126 valence electrons. The van der Waals surface area contributed by atoms with Gasteiger partial charge in [0.1, 0.15) is 0 Å². The van der Waals surface area contributed by atoms with E-state index in [4.69, 9.17) is 4.74 Å². The van der Waals surface area contributed by atoms with Gasteiger partial charge in [0, 0.05) is 12.4 Å². The molecule has 0 fully saturated rings. The standard InChI is InChI=1S/C19H17N3O2S/c1-2-24-18(23)13-25-19-21-11-9-16(22-19)17-12-15(8-10-20-17)14-6-4-3-5-7-14/h3-12H,2,13H2,1H3. The van der Waals surface area contributed by atoms with Gasteiger partial charge in [-0.2, -0.15) is 0 Å². The third-order valence-electron chi connectivity index (χ3n) is 3.39. The largest absolute Gasteiger partial charge is 0.465 e. The predicted molar refractivity (Wildman–Crippen MR) is 98.1 cm³/mol. The number of ether oxygens (including phenoxy) is 1. The zero-order valence-electron chi connectivity index (χ0n) is 13.8. The fraction of sp³-hybridized carbons (Fsp3) is 0.158. The highest BCUT2D eigenvalue weighted by atomic mass is 32.2. The predicted octanol–water partition coefficient (Wildman–Crippen LogP) is 3.86. The summed E-state index contributed by atoms with van der Waals surface area (Å²) in [5.41, 5.74) is 3.68. The maximum absolute atomic E-state index is 11.5. The highest BCUT2D eigenvalue weighted by Gasteiger charge is 2.09. The van der Waals surface area contributed by atoms with Gasteiger partial charge in [0.2, 0.25) is 0 Å². The number of thioether (sulfide) groups is 1. The molecule has 0 N–H and O–H groups in total. The van der Waals surface area contributed by atoms with Crippen molar-refractivity contribution < 1.29 is 9.53 Å². The van der Waals surface area contributed by atoms with Crippen molar-refractivity contribution >= 4 is 17.7 Å². The summed E-state index contributed by atoms with van der Waals surface area (Å²) < 4.78 is 4.92. The second kappa shape index (κ2) is 8.39. The van der Waals surface area contributed by atoms with Gasteiger partial charge in [-0.3, -0.25) is 9.78 Å². The third kappa shape index (κ3) is 4.64. The number of carbonyl (C=O) groups excluding carboxylic acids is 1. The Morgan fingerprint density at radius 3 is 2.60 bits per heavy atom. The van der Waals surface area contributed by atoms with Crippen LogP contribution in [0.25, 0.3) is 22.5 Å². The second-order valence-corrected chi connectivity index (χ2v) is 6.06. The van der Waals surface area contributed by atoms with E-state index in [1.165, 1.54) is 11.8 Å². The molecule has 0 saturated carbocycles. The molecule has 1 aromatic carbocycles. The zero-order valence-corrected chi connectivity index (χ0v) is 14.6. The van der Waals surface area contributed by atoms with E-state index in [-0.39, 0.29) is 11.7 Å². The van der Waals surface area contributed by atoms with Gasteiger partial charge in [0.25, 0.3) is 0 Å². The van der Waals surface area contributed by atoms with Gasteiger partial charge in [-0.05, 0) is 36.2 Å². The Morgan fingerprint density at radius 1 is 1.00 bits per heavy atom. The van der Waals surface area contributed by atoms with Crippen LogP contribution in [0.5, 0.6) is 0 Å². The van der Waals surface area contributed by atoms with Gasteiger partial charge < -0.3 is 4.74 Å². The minimum Gasteiger partial charge on any atom is -0.465 e. The Hall–Kier alpha value is -2.73. The van der Waals surface area contributed by atoms with Crippen LogP contribution in [0.4, 0.5) is 0 Å². The van der Waals surface area contributed by atoms with E-state index in [0.29, 0.717) is 11.8 Å². The molecule has 0 radical (unpaired) electrons. The molecule has 2 heterocycles. The van der Waals surface area contributed by atoms with Gasteiger partial charge in [-0.1, -0.05) is 42.1 Å². The van der Waals surface area contributed by atoms with E-state index >= 15 is 0 Å². The van der Waals surface area contributed by atoms with Crippen LogP contribution in [0, 0.1) is 0 Å². The smallest absolute Gasteiger partial charge is 0.316 e. The average Bonchev–Trinajstić information content (AvgIpc) is 2.68. The normalized spacial score (nSPS) is 10.4. The quantitative estimate of drug-likeness (QED) is 0.382. The minimum atomic E-state index is -0.272. The lowest BCUT2D eigenvalue weighted by atomic mass is 10.1. The Kier molecular flexibility index (Phi) is 5.74. The average molecular weight is 351 g/mol. The Bertz CT molecular complexity index is 856. The number of rotatable bonds is 6. The fourth-order valence-electron chi connectivity index (χ4n) is 2.26. The molecule has 0 bridgehead atoms. The number of nitrogens with zero attached hydrogens (tertiary/aromatic N) is 3. The number of carbonyl (C=O) groups is 1. The van der Waals surface area contributed by atoms with Crippen LogP contribution in [-0.4, -0.2) is 33.3 Å². The topological polar surface area (TPSA) is 65.0 Å². The van der Waals surface area contributed by atoms with Gasteiger partial charge in [0.05, 0.1) is 23.7 Å². The number of aromatic nitrogens is 3. The highest BCUT2D eigenvalue weighted by Crippen LogP contribution is 2.24. The lowest BCUT2D eigenvalue weighted by Crippen LogP contribution is -2.07. The Labute approximate surface area is 150 Å². The van der Waals surface area contributed by atoms with Crippen LogP contribution in [-0.2, 0) is 9.53 Å². The van der Waals surface area contributed by atoms with Crippen LogP contribution in [0.2, 0.25) is 0 Å². The molecule has 0 saturated heterocycles. The van der Waals surface area contributed by atoms with Crippen LogP contribution < -0.4 is 0 Å². The number of hydrogen-bond donors (Lipinski definition) is 0. The molecule has 0 amide bonds. The van der Waals surface area contributed by atoms with Gasteiger partial charge in [-0.25, -0.2) is 9.97 Å². The first-order valence-corrected chi connectivity index (χ1v) is 8.88. The lowest BCUT2D eigenvalue weighted by molar-refractivity contribution is -0.139. The van der Waals surface area contributed by atoms with E-state index in [1.807, 2.05) is 36.4 Å². The van der Waals surface area contributed by atoms with Crippen LogP contribution in [0.1, 0.15) is 6.92 Å². The summed E-state index contributed by atoms with van der Waals surface area (Å²) in [4.78, 5) is 24.6. The maximum atomic E-state index is 11.5. The molecular weight excluding hydrogens is 334 g/mol. The maximum Gasteiger partial charge on any atom is 0.316 e. The summed E-state index contributed by atoms with van der Waals surface area (Å²) in [6.07, 6.45) is 3.44. The second-order valence-electron chi connectivity index (χ2n) is 5.11. The number of pyridine rings is 1. The number of benzene rings is 1. The SMILES string of the molecule is CCOC(=O)CSc1nccc(-c2cc(-c3ccccc3)ccn2)n1. The summed E-state index contributed by atoms with van der Waals surface area (Å²) in [6, 6.07) is 15.9. The van der Waals surface area contributed by atoms with Crippen molar-refractivity contribution in [2.75, 3.05) is 12.4 Å². The van der Waals surface area contributed by atoms with E-state index in [9.17, 15) is 4.79 Å². The molecule has 0 spiro atoms. The van der Waals surface area contributed by atoms with E-state index in [0.717, 1.165) is 22.5 Å². The highest BCUT2D eigenvalue weighted by molar-refractivity contribution is 7.99. The molecule has 3 rings (SSSR count). The molecule has 6 heteroatoms. The number of hydrogen-bond acceptors (Lipinski definition) is 6.